The summed E-state index contributed by atoms with van der Waals surface area (Å²) >= 11 is 1.68. The van der Waals surface area contributed by atoms with Crippen LogP contribution in [-0.4, -0.2) is 27.4 Å². The zero-order valence-corrected chi connectivity index (χ0v) is 15.5. The lowest BCUT2D eigenvalue weighted by molar-refractivity contribution is 0.386. The maximum atomic E-state index is 14.2. The van der Waals surface area contributed by atoms with Gasteiger partial charge in [0.15, 0.2) is 11.6 Å². The van der Waals surface area contributed by atoms with Crippen LogP contribution in [0.4, 0.5) is 10.1 Å². The molecule has 3 aromatic rings. The Bertz CT molecular complexity index is 985. The van der Waals surface area contributed by atoms with E-state index in [1.54, 1.807) is 24.0 Å². The average Bonchev–Trinajstić information content (AvgIpc) is 3.25. The molecule has 0 spiro atoms. The zero-order valence-electron chi connectivity index (χ0n) is 14.6. The van der Waals surface area contributed by atoms with Crippen molar-refractivity contribution in [3.8, 4) is 5.75 Å². The van der Waals surface area contributed by atoms with E-state index in [2.05, 4.69) is 22.2 Å². The van der Waals surface area contributed by atoms with E-state index >= 15 is 0 Å². The predicted molar refractivity (Wildman–Crippen MR) is 103 cm³/mol. The van der Waals surface area contributed by atoms with Gasteiger partial charge in [-0.05, 0) is 30.0 Å². The monoisotopic (exact) mass is 370 g/mol. The molecule has 1 aromatic carbocycles. The van der Waals surface area contributed by atoms with Crippen LogP contribution in [0.2, 0.25) is 0 Å². The third-order valence-electron chi connectivity index (χ3n) is 4.34. The smallest absolute Gasteiger partial charge is 0.234 e. The molecule has 0 saturated heterocycles. The second kappa shape index (κ2) is 6.99. The second-order valence-electron chi connectivity index (χ2n) is 5.99. The van der Waals surface area contributed by atoms with Crippen molar-refractivity contribution in [3.63, 3.8) is 0 Å². The summed E-state index contributed by atoms with van der Waals surface area (Å²) in [6.07, 6.45) is 5.58. The number of benzene rings is 1. The number of aryl methyl sites for hydroxylation is 1. The first-order chi connectivity index (χ1) is 12.7. The molecule has 2 aromatic heterocycles. The van der Waals surface area contributed by atoms with Gasteiger partial charge in [-0.15, -0.1) is 11.8 Å². The summed E-state index contributed by atoms with van der Waals surface area (Å²) < 4.78 is 21.3. The first kappa shape index (κ1) is 16.9. The average molecular weight is 370 g/mol. The summed E-state index contributed by atoms with van der Waals surface area (Å²) in [4.78, 5) is 11.2. The Kier molecular flexibility index (Phi) is 4.55. The first-order valence-corrected chi connectivity index (χ1v) is 9.53. The number of fused-ring (bicyclic) bond motifs is 1. The van der Waals surface area contributed by atoms with Crippen LogP contribution in [-0.2, 0) is 6.42 Å². The molecule has 0 fully saturated rings. The van der Waals surface area contributed by atoms with Crippen LogP contribution in [0.5, 0.6) is 5.75 Å². The molecule has 0 bridgehead atoms. The number of aromatic nitrogens is 3. The van der Waals surface area contributed by atoms with Crippen molar-refractivity contribution in [1.82, 2.24) is 14.4 Å². The van der Waals surface area contributed by atoms with Gasteiger partial charge in [-0.2, -0.15) is 0 Å². The minimum atomic E-state index is -0.366. The number of thioether (sulfide) groups is 1. The summed E-state index contributed by atoms with van der Waals surface area (Å²) in [5, 5.41) is 2.11. The number of hydrogen-bond acceptors (Lipinski definition) is 5. The van der Waals surface area contributed by atoms with Crippen LogP contribution in [0.15, 0.2) is 42.1 Å². The Morgan fingerprint density at radius 2 is 2.23 bits per heavy atom. The van der Waals surface area contributed by atoms with E-state index < -0.39 is 0 Å². The van der Waals surface area contributed by atoms with Crippen molar-refractivity contribution >= 4 is 28.9 Å². The molecule has 0 amide bonds. The maximum Gasteiger partial charge on any atom is 0.234 e. The highest BCUT2D eigenvalue weighted by Crippen LogP contribution is 2.38. The van der Waals surface area contributed by atoms with Gasteiger partial charge in [0.25, 0.3) is 0 Å². The van der Waals surface area contributed by atoms with E-state index in [4.69, 9.17) is 9.72 Å². The second-order valence-corrected chi connectivity index (χ2v) is 6.82. The van der Waals surface area contributed by atoms with Crippen LogP contribution < -0.4 is 9.64 Å². The molecule has 3 heterocycles. The number of anilines is 1. The number of halogens is 1. The summed E-state index contributed by atoms with van der Waals surface area (Å²) in [7, 11) is 1.47. The molecule has 0 radical (unpaired) electrons. The Morgan fingerprint density at radius 3 is 3.00 bits per heavy atom. The number of rotatable bonds is 5. The van der Waals surface area contributed by atoms with Gasteiger partial charge < -0.3 is 9.64 Å². The van der Waals surface area contributed by atoms with E-state index in [-0.39, 0.29) is 11.6 Å². The molecule has 1 aliphatic rings. The van der Waals surface area contributed by atoms with Gasteiger partial charge in [0, 0.05) is 24.1 Å². The molecule has 26 heavy (non-hydrogen) atoms. The van der Waals surface area contributed by atoms with Crippen molar-refractivity contribution in [2.75, 3.05) is 17.9 Å². The fraction of sp³-hybridized carbons (Fsp3) is 0.263. The minimum absolute atomic E-state index is 0.247. The molecule has 0 unspecified atom stereocenters. The minimum Gasteiger partial charge on any atom is -0.494 e. The Balaban J connectivity index is 1.81. The topological polar surface area (TPSA) is 42.7 Å². The Morgan fingerprint density at radius 1 is 1.35 bits per heavy atom. The molecule has 0 N–H and O–H groups in total. The molecule has 0 aliphatic carbocycles. The normalized spacial score (nSPS) is 14.1. The summed E-state index contributed by atoms with van der Waals surface area (Å²) in [6.45, 7) is 2.13. The number of imidazole rings is 1. The van der Waals surface area contributed by atoms with Crippen molar-refractivity contribution < 1.29 is 9.13 Å². The molecular weight excluding hydrogens is 351 g/mol. The van der Waals surface area contributed by atoms with Gasteiger partial charge in [-0.25, -0.2) is 14.4 Å². The number of nitrogens with zero attached hydrogens (tertiary/aromatic N) is 4. The SMILES string of the molecule is CCCc1nc2ncccn2c1C1=CSCN1c1ccc(OC)c(F)c1. The largest absolute Gasteiger partial charge is 0.494 e. The van der Waals surface area contributed by atoms with Crippen LogP contribution in [0.1, 0.15) is 24.7 Å². The Hall–Kier alpha value is -2.54. The van der Waals surface area contributed by atoms with Gasteiger partial charge in [0.1, 0.15) is 0 Å². The van der Waals surface area contributed by atoms with Gasteiger partial charge in [0.2, 0.25) is 5.78 Å². The third kappa shape index (κ3) is 2.82. The molecule has 7 heteroatoms. The molecule has 0 saturated carbocycles. The number of methoxy groups -OCH3 is 1. The van der Waals surface area contributed by atoms with E-state index in [9.17, 15) is 4.39 Å². The first-order valence-electron chi connectivity index (χ1n) is 8.48. The van der Waals surface area contributed by atoms with Crippen molar-refractivity contribution in [3.05, 3.63) is 59.3 Å². The van der Waals surface area contributed by atoms with E-state index in [1.165, 1.54) is 13.2 Å². The maximum absolute atomic E-state index is 14.2. The molecule has 5 nitrogen and oxygen atoms in total. The summed E-state index contributed by atoms with van der Waals surface area (Å²) in [5.74, 6) is 1.29. The number of ether oxygens (including phenoxy) is 1. The van der Waals surface area contributed by atoms with Crippen LogP contribution in [0.25, 0.3) is 11.5 Å². The summed E-state index contributed by atoms with van der Waals surface area (Å²) in [5.41, 5.74) is 3.85. The van der Waals surface area contributed by atoms with Gasteiger partial charge in [0.05, 0.1) is 30.1 Å². The highest BCUT2D eigenvalue weighted by molar-refractivity contribution is 8.02. The molecule has 1 aliphatic heterocycles. The van der Waals surface area contributed by atoms with E-state index in [1.807, 2.05) is 22.7 Å². The van der Waals surface area contributed by atoms with E-state index in [0.717, 1.165) is 41.5 Å². The zero-order chi connectivity index (χ0) is 18.1. The number of hydrogen-bond donors (Lipinski definition) is 0. The molecular formula is C19H19FN4OS. The molecule has 4 rings (SSSR count). The fourth-order valence-electron chi connectivity index (χ4n) is 3.16. The van der Waals surface area contributed by atoms with Crippen molar-refractivity contribution in [2.24, 2.45) is 0 Å². The molecule has 0 atom stereocenters. The third-order valence-corrected chi connectivity index (χ3v) is 5.14. The lowest BCUT2D eigenvalue weighted by Crippen LogP contribution is -2.19. The quantitative estimate of drug-likeness (QED) is 0.668. The van der Waals surface area contributed by atoms with Crippen LogP contribution in [0, 0.1) is 5.82 Å². The lowest BCUT2D eigenvalue weighted by atomic mass is 10.1. The predicted octanol–water partition coefficient (Wildman–Crippen LogP) is 4.34. The van der Waals surface area contributed by atoms with Gasteiger partial charge in [-0.3, -0.25) is 4.40 Å². The van der Waals surface area contributed by atoms with Crippen LogP contribution in [0.3, 0.4) is 0 Å². The highest BCUT2D eigenvalue weighted by Gasteiger charge is 2.26. The fourth-order valence-corrected chi connectivity index (χ4v) is 4.07. The Labute approximate surface area is 155 Å². The van der Waals surface area contributed by atoms with E-state index in [0.29, 0.717) is 5.78 Å². The van der Waals surface area contributed by atoms with Gasteiger partial charge in [-0.1, -0.05) is 13.3 Å². The van der Waals surface area contributed by atoms with Gasteiger partial charge >= 0.3 is 0 Å². The molecule has 134 valence electrons. The highest BCUT2D eigenvalue weighted by atomic mass is 32.2. The van der Waals surface area contributed by atoms with Crippen LogP contribution >= 0.6 is 11.8 Å². The van der Waals surface area contributed by atoms with Crippen molar-refractivity contribution in [2.45, 2.75) is 19.8 Å². The standard InChI is InChI=1S/C19H19FN4OS/c1-3-5-15-18(23-9-4-8-21-19(23)22-15)16-11-26-12-24(16)13-6-7-17(25-2)14(20)10-13/h4,6-11H,3,5,12H2,1-2H3. The lowest BCUT2D eigenvalue weighted by Gasteiger charge is -2.22. The van der Waals surface area contributed by atoms with Crippen molar-refractivity contribution in [1.29, 1.82) is 0 Å². The summed E-state index contributed by atoms with van der Waals surface area (Å²) in [6, 6.07) is 6.95.